The molecule has 3 aromatic carbocycles. The maximum atomic E-state index is 13.3. The highest BCUT2D eigenvalue weighted by Gasteiger charge is 2.39. The summed E-state index contributed by atoms with van der Waals surface area (Å²) in [5.74, 6) is -0.833. The Morgan fingerprint density at radius 1 is 1.05 bits per heavy atom. The fourth-order valence-electron chi connectivity index (χ4n) is 3.89. The lowest BCUT2D eigenvalue weighted by molar-refractivity contribution is -0.207. The van der Waals surface area contributed by atoms with E-state index in [2.05, 4.69) is 5.10 Å². The maximum absolute atomic E-state index is 13.3. The number of halogens is 6. The largest absolute Gasteiger partial charge is 0.465 e. The molecule has 0 amide bonds. The lowest BCUT2D eigenvalue weighted by Gasteiger charge is -2.15. The number of rotatable bonds is 7. The molecule has 7 nitrogen and oxygen atoms in total. The van der Waals surface area contributed by atoms with Crippen LogP contribution in [0.1, 0.15) is 15.9 Å². The number of aromatic nitrogens is 3. The first-order chi connectivity index (χ1) is 18.4. The van der Waals surface area contributed by atoms with Gasteiger partial charge in [-0.05, 0) is 53.6 Å². The first kappa shape index (κ1) is 28.7. The number of nitrogens with zero attached hydrogens (tertiary/aromatic N) is 3. The highest BCUT2D eigenvalue weighted by molar-refractivity contribution is 6.43. The average Bonchev–Trinajstić information content (AvgIpc) is 3.19. The highest BCUT2D eigenvalue weighted by Crippen LogP contribution is 2.34. The summed E-state index contributed by atoms with van der Waals surface area (Å²) in [6.07, 6.45) is -7.79. The van der Waals surface area contributed by atoms with Crippen molar-refractivity contribution in [2.75, 3.05) is 7.11 Å². The number of aliphatic hydroxyl groups is 1. The van der Waals surface area contributed by atoms with E-state index in [0.717, 1.165) is 9.25 Å². The Morgan fingerprint density at radius 2 is 1.72 bits per heavy atom. The van der Waals surface area contributed by atoms with Crippen molar-refractivity contribution in [2.45, 2.75) is 25.4 Å². The van der Waals surface area contributed by atoms with Crippen molar-refractivity contribution in [3.05, 3.63) is 97.3 Å². The van der Waals surface area contributed by atoms with Crippen LogP contribution in [0.2, 0.25) is 15.1 Å². The number of esters is 1. The summed E-state index contributed by atoms with van der Waals surface area (Å²) in [4.78, 5) is 25.8. The molecule has 4 rings (SSSR count). The molecule has 0 bridgehead atoms. The van der Waals surface area contributed by atoms with Crippen LogP contribution in [0.15, 0.2) is 65.5 Å². The summed E-state index contributed by atoms with van der Waals surface area (Å²) in [5, 5.41) is 14.9. The van der Waals surface area contributed by atoms with Gasteiger partial charge >= 0.3 is 17.8 Å². The third-order valence-electron chi connectivity index (χ3n) is 5.85. The van der Waals surface area contributed by atoms with Crippen LogP contribution in [-0.2, 0) is 17.8 Å². The second-order valence-electron chi connectivity index (χ2n) is 8.40. The van der Waals surface area contributed by atoms with Crippen LogP contribution >= 0.6 is 34.8 Å². The molecular weight excluding hydrogens is 582 g/mol. The minimum absolute atomic E-state index is 0.101. The van der Waals surface area contributed by atoms with Gasteiger partial charge in [-0.3, -0.25) is 4.57 Å². The standard InChI is InChI=1S/C26H19Cl3F3N3O4/c1-39-24(37)19-10-7-15(18-3-2-4-20(28)22(18)29)11-16(19)12-35-25(38)34(13-21(36)26(30,31)32)23(33-35)14-5-8-17(27)9-6-14/h2-11,21,36H,12-13H2,1H3. The summed E-state index contributed by atoms with van der Waals surface area (Å²) >= 11 is 18.4. The molecule has 0 aliphatic heterocycles. The minimum atomic E-state index is -4.97. The van der Waals surface area contributed by atoms with Crippen LogP contribution in [0, 0.1) is 0 Å². The first-order valence-corrected chi connectivity index (χ1v) is 12.4. The monoisotopic (exact) mass is 599 g/mol. The molecule has 1 aromatic heterocycles. The van der Waals surface area contributed by atoms with Crippen LogP contribution in [-0.4, -0.2) is 44.8 Å². The van der Waals surface area contributed by atoms with Crippen molar-refractivity contribution in [1.29, 1.82) is 0 Å². The Morgan fingerprint density at radius 3 is 2.36 bits per heavy atom. The van der Waals surface area contributed by atoms with E-state index in [1.54, 1.807) is 30.3 Å². The van der Waals surface area contributed by atoms with Gasteiger partial charge in [0, 0.05) is 16.1 Å². The van der Waals surface area contributed by atoms with E-state index >= 15 is 0 Å². The van der Waals surface area contributed by atoms with E-state index in [9.17, 15) is 27.9 Å². The van der Waals surface area contributed by atoms with Gasteiger partial charge in [0.05, 0.1) is 35.8 Å². The highest BCUT2D eigenvalue weighted by atomic mass is 35.5. The van der Waals surface area contributed by atoms with Gasteiger partial charge in [0.1, 0.15) is 0 Å². The molecule has 0 saturated carbocycles. The van der Waals surface area contributed by atoms with Crippen molar-refractivity contribution in [3.63, 3.8) is 0 Å². The third-order valence-corrected chi connectivity index (χ3v) is 6.92. The number of ether oxygens (including phenoxy) is 1. The SMILES string of the molecule is COC(=O)c1ccc(-c2cccc(Cl)c2Cl)cc1Cn1nc(-c2ccc(Cl)cc2)n(CC(O)C(F)(F)F)c1=O. The zero-order valence-electron chi connectivity index (χ0n) is 20.0. The van der Waals surface area contributed by atoms with Crippen LogP contribution < -0.4 is 5.69 Å². The fraction of sp³-hybridized carbons (Fsp3) is 0.192. The predicted molar refractivity (Wildman–Crippen MR) is 141 cm³/mol. The van der Waals surface area contributed by atoms with E-state index in [1.165, 1.54) is 37.4 Å². The molecule has 1 unspecified atom stereocenters. The predicted octanol–water partition coefficient (Wildman–Crippen LogP) is 6.10. The lowest BCUT2D eigenvalue weighted by atomic mass is 9.99. The van der Waals surface area contributed by atoms with E-state index in [1.807, 2.05) is 0 Å². The van der Waals surface area contributed by atoms with E-state index in [0.29, 0.717) is 21.2 Å². The van der Waals surface area contributed by atoms with Crippen molar-refractivity contribution in [2.24, 2.45) is 0 Å². The van der Waals surface area contributed by atoms with Gasteiger partial charge in [-0.25, -0.2) is 14.3 Å². The number of alkyl halides is 3. The maximum Gasteiger partial charge on any atom is 0.416 e. The minimum Gasteiger partial charge on any atom is -0.465 e. The van der Waals surface area contributed by atoms with Crippen molar-refractivity contribution < 1.29 is 27.8 Å². The molecule has 0 spiro atoms. The Hall–Kier alpha value is -3.31. The normalized spacial score (nSPS) is 12.4. The molecule has 0 fully saturated rings. The zero-order valence-corrected chi connectivity index (χ0v) is 22.3. The van der Waals surface area contributed by atoms with Gasteiger partial charge in [0.2, 0.25) is 0 Å². The molecular formula is C26H19Cl3F3N3O4. The van der Waals surface area contributed by atoms with E-state index in [4.69, 9.17) is 39.5 Å². The van der Waals surface area contributed by atoms with E-state index in [-0.39, 0.29) is 34.1 Å². The molecule has 0 radical (unpaired) electrons. The topological polar surface area (TPSA) is 86.3 Å². The number of aliphatic hydroxyl groups excluding tert-OH is 1. The van der Waals surface area contributed by atoms with Gasteiger partial charge in [-0.2, -0.15) is 13.2 Å². The molecule has 0 aliphatic rings. The molecule has 0 aliphatic carbocycles. The van der Waals surface area contributed by atoms with Gasteiger partial charge in [0.15, 0.2) is 11.9 Å². The van der Waals surface area contributed by atoms with Crippen molar-refractivity contribution in [1.82, 2.24) is 14.3 Å². The Labute approximate surface area is 234 Å². The second-order valence-corrected chi connectivity index (χ2v) is 9.63. The lowest BCUT2D eigenvalue weighted by Crippen LogP contribution is -2.37. The number of methoxy groups -OCH3 is 1. The van der Waals surface area contributed by atoms with Crippen LogP contribution in [0.25, 0.3) is 22.5 Å². The molecule has 0 saturated heterocycles. The summed E-state index contributed by atoms with van der Waals surface area (Å²) in [6.45, 7) is -1.41. The number of hydrogen-bond donors (Lipinski definition) is 1. The van der Waals surface area contributed by atoms with Crippen LogP contribution in [0.4, 0.5) is 13.2 Å². The molecule has 4 aromatic rings. The number of benzene rings is 3. The third kappa shape index (κ3) is 6.14. The average molecular weight is 601 g/mol. The van der Waals surface area contributed by atoms with Crippen molar-refractivity contribution >= 4 is 40.8 Å². The molecule has 1 N–H and O–H groups in total. The molecule has 204 valence electrons. The first-order valence-electron chi connectivity index (χ1n) is 11.2. The number of hydrogen-bond acceptors (Lipinski definition) is 5. The van der Waals surface area contributed by atoms with E-state index < -0.39 is 30.5 Å². The van der Waals surface area contributed by atoms with Gasteiger partial charge in [0.25, 0.3) is 0 Å². The van der Waals surface area contributed by atoms with Gasteiger partial charge < -0.3 is 9.84 Å². The summed E-state index contributed by atoms with van der Waals surface area (Å²) in [5.41, 5.74) is 0.839. The second kappa shape index (κ2) is 11.4. The summed E-state index contributed by atoms with van der Waals surface area (Å²) < 4.78 is 46.0. The zero-order chi connectivity index (χ0) is 28.5. The Balaban J connectivity index is 1.85. The van der Waals surface area contributed by atoms with Gasteiger partial charge in [-0.1, -0.05) is 53.0 Å². The molecule has 39 heavy (non-hydrogen) atoms. The molecule has 13 heteroatoms. The number of carbonyl (C=O) groups is 1. The number of carbonyl (C=O) groups excluding carboxylic acids is 1. The summed E-state index contributed by atoms with van der Waals surface area (Å²) in [7, 11) is 1.19. The quantitative estimate of drug-likeness (QED) is 0.259. The van der Waals surface area contributed by atoms with Crippen LogP contribution in [0.5, 0.6) is 0 Å². The van der Waals surface area contributed by atoms with Crippen LogP contribution in [0.3, 0.4) is 0 Å². The Kier molecular flexibility index (Phi) is 8.41. The smallest absolute Gasteiger partial charge is 0.416 e. The Bertz CT molecular complexity index is 1580. The van der Waals surface area contributed by atoms with Gasteiger partial charge in [-0.15, -0.1) is 5.10 Å². The molecule has 1 atom stereocenters. The van der Waals surface area contributed by atoms with Crippen molar-refractivity contribution in [3.8, 4) is 22.5 Å². The fourth-order valence-corrected chi connectivity index (χ4v) is 4.42. The molecule has 1 heterocycles. The summed E-state index contributed by atoms with van der Waals surface area (Å²) in [6, 6.07) is 15.6.